The summed E-state index contributed by atoms with van der Waals surface area (Å²) in [6, 6.07) is 5.08. The minimum absolute atomic E-state index is 0.0827. The molecular formula is C13H19N3O3S. The van der Waals surface area contributed by atoms with Crippen LogP contribution < -0.4 is 4.72 Å². The summed E-state index contributed by atoms with van der Waals surface area (Å²) in [5.74, 6) is 0.858. The van der Waals surface area contributed by atoms with Crippen LogP contribution in [0.25, 0.3) is 0 Å². The summed E-state index contributed by atoms with van der Waals surface area (Å²) < 4.78 is 33.5. The monoisotopic (exact) mass is 297 g/mol. The van der Waals surface area contributed by atoms with Crippen molar-refractivity contribution in [1.29, 1.82) is 0 Å². The second kappa shape index (κ2) is 6.23. The van der Waals surface area contributed by atoms with Crippen LogP contribution in [0.2, 0.25) is 0 Å². The van der Waals surface area contributed by atoms with Gasteiger partial charge < -0.3 is 4.42 Å². The maximum atomic E-state index is 11.9. The van der Waals surface area contributed by atoms with Gasteiger partial charge in [-0.2, -0.15) is 5.10 Å². The van der Waals surface area contributed by atoms with Crippen molar-refractivity contribution in [2.45, 2.75) is 19.9 Å². The molecule has 110 valence electrons. The highest BCUT2D eigenvalue weighted by atomic mass is 32.2. The van der Waals surface area contributed by atoms with E-state index in [1.165, 1.54) is 0 Å². The minimum atomic E-state index is -3.29. The summed E-state index contributed by atoms with van der Waals surface area (Å²) in [5, 5.41) is 4.16. The first-order chi connectivity index (χ1) is 9.48. The molecule has 7 heteroatoms. The zero-order valence-corrected chi connectivity index (χ0v) is 12.4. The molecule has 2 aromatic rings. The Kier molecular flexibility index (Phi) is 4.61. The van der Waals surface area contributed by atoms with Crippen molar-refractivity contribution < 1.29 is 12.8 Å². The lowest BCUT2D eigenvalue weighted by molar-refractivity contribution is 0.402. The molecule has 6 nitrogen and oxygen atoms in total. The van der Waals surface area contributed by atoms with E-state index >= 15 is 0 Å². The van der Waals surface area contributed by atoms with Crippen LogP contribution in [-0.4, -0.2) is 30.5 Å². The number of hydrogen-bond donors (Lipinski definition) is 1. The van der Waals surface area contributed by atoms with Crippen LogP contribution in [0.3, 0.4) is 0 Å². The van der Waals surface area contributed by atoms with Gasteiger partial charge in [0.1, 0.15) is 11.8 Å². The van der Waals surface area contributed by atoms with Crippen molar-refractivity contribution >= 4 is 10.0 Å². The lowest BCUT2D eigenvalue weighted by Gasteiger charge is -2.16. The quantitative estimate of drug-likeness (QED) is 0.843. The molecule has 2 rings (SSSR count). The summed E-state index contributed by atoms with van der Waals surface area (Å²) in [7, 11) is -3.29. The van der Waals surface area contributed by atoms with Crippen LogP contribution in [0.5, 0.6) is 0 Å². The van der Waals surface area contributed by atoms with Gasteiger partial charge in [-0.3, -0.25) is 4.68 Å². The summed E-state index contributed by atoms with van der Waals surface area (Å²) in [6.45, 7) is 3.96. The zero-order valence-electron chi connectivity index (χ0n) is 11.6. The Morgan fingerprint density at radius 3 is 2.75 bits per heavy atom. The minimum Gasteiger partial charge on any atom is -0.467 e. The van der Waals surface area contributed by atoms with Crippen molar-refractivity contribution in [1.82, 2.24) is 14.5 Å². The Labute approximate surface area is 118 Å². The van der Waals surface area contributed by atoms with Crippen LogP contribution >= 0.6 is 0 Å². The van der Waals surface area contributed by atoms with E-state index in [1.54, 1.807) is 35.5 Å². The van der Waals surface area contributed by atoms with E-state index in [0.717, 1.165) is 0 Å². The third-order valence-electron chi connectivity index (χ3n) is 2.77. The molecule has 20 heavy (non-hydrogen) atoms. The first-order valence-corrected chi connectivity index (χ1v) is 8.13. The molecule has 2 aromatic heterocycles. The van der Waals surface area contributed by atoms with Gasteiger partial charge in [0.25, 0.3) is 0 Å². The molecule has 0 aliphatic carbocycles. The van der Waals surface area contributed by atoms with Gasteiger partial charge in [-0.1, -0.05) is 13.8 Å². The Morgan fingerprint density at radius 2 is 2.20 bits per heavy atom. The van der Waals surface area contributed by atoms with Crippen molar-refractivity contribution in [3.8, 4) is 0 Å². The number of furan rings is 1. The van der Waals surface area contributed by atoms with Gasteiger partial charge in [-0.25, -0.2) is 13.1 Å². The summed E-state index contributed by atoms with van der Waals surface area (Å²) in [4.78, 5) is 0. The molecule has 0 aliphatic rings. The number of nitrogens with zero attached hydrogens (tertiary/aromatic N) is 2. The number of rotatable bonds is 7. The average Bonchev–Trinajstić information content (AvgIpc) is 2.98. The van der Waals surface area contributed by atoms with Gasteiger partial charge in [0.05, 0.1) is 12.0 Å². The van der Waals surface area contributed by atoms with Gasteiger partial charge in [0.15, 0.2) is 0 Å². The van der Waals surface area contributed by atoms with Gasteiger partial charge in [-0.15, -0.1) is 0 Å². The van der Waals surface area contributed by atoms with E-state index in [4.69, 9.17) is 4.42 Å². The topological polar surface area (TPSA) is 77.1 Å². The smallest absolute Gasteiger partial charge is 0.211 e. The highest BCUT2D eigenvalue weighted by Crippen LogP contribution is 2.17. The summed E-state index contributed by atoms with van der Waals surface area (Å²) in [5.41, 5.74) is 0. The fourth-order valence-electron chi connectivity index (χ4n) is 1.97. The van der Waals surface area contributed by atoms with Crippen LogP contribution in [0.15, 0.2) is 41.3 Å². The van der Waals surface area contributed by atoms with Gasteiger partial charge in [0.2, 0.25) is 10.0 Å². The summed E-state index contributed by atoms with van der Waals surface area (Å²) >= 11 is 0. The Morgan fingerprint density at radius 1 is 1.40 bits per heavy atom. The van der Waals surface area contributed by atoms with Crippen molar-refractivity contribution in [3.63, 3.8) is 0 Å². The Balaban J connectivity index is 2.10. The molecule has 0 bridgehead atoms. The predicted octanol–water partition coefficient (Wildman–Crippen LogP) is 1.64. The second-order valence-corrected chi connectivity index (χ2v) is 6.89. The molecule has 0 saturated heterocycles. The Bertz CT molecular complexity index is 569. The molecule has 0 aromatic carbocycles. The molecule has 0 amide bonds. The van der Waals surface area contributed by atoms with Crippen LogP contribution in [-0.2, 0) is 10.0 Å². The lowest BCUT2D eigenvalue weighted by atomic mass is 10.2. The lowest BCUT2D eigenvalue weighted by Crippen LogP contribution is -2.34. The molecule has 0 aliphatic heterocycles. The van der Waals surface area contributed by atoms with Gasteiger partial charge in [0, 0.05) is 18.9 Å². The van der Waals surface area contributed by atoms with E-state index in [9.17, 15) is 8.42 Å². The first-order valence-electron chi connectivity index (χ1n) is 6.48. The highest BCUT2D eigenvalue weighted by molar-refractivity contribution is 7.89. The largest absolute Gasteiger partial charge is 0.467 e. The van der Waals surface area contributed by atoms with E-state index in [1.807, 2.05) is 19.9 Å². The van der Waals surface area contributed by atoms with Gasteiger partial charge >= 0.3 is 0 Å². The maximum Gasteiger partial charge on any atom is 0.211 e. The third-order valence-corrected chi connectivity index (χ3v) is 4.48. The van der Waals surface area contributed by atoms with Crippen LogP contribution in [0.4, 0.5) is 0 Å². The Hall–Kier alpha value is -1.60. The molecule has 1 atom stereocenters. The molecule has 0 fully saturated rings. The molecule has 0 saturated carbocycles. The molecule has 2 heterocycles. The highest BCUT2D eigenvalue weighted by Gasteiger charge is 2.20. The molecule has 1 N–H and O–H groups in total. The predicted molar refractivity (Wildman–Crippen MR) is 75.7 cm³/mol. The fourth-order valence-corrected chi connectivity index (χ4v) is 3.38. The SMILES string of the molecule is CC(C)CS(=O)(=O)NC[C@@H](c1ccco1)n1cccn1. The van der Waals surface area contributed by atoms with E-state index < -0.39 is 10.0 Å². The van der Waals surface area contributed by atoms with Crippen molar-refractivity contribution in [2.75, 3.05) is 12.3 Å². The number of sulfonamides is 1. The standard InChI is InChI=1S/C13H19N3O3S/c1-11(2)10-20(17,18)15-9-12(13-5-3-8-19-13)16-7-4-6-14-16/h3-8,11-12,15H,9-10H2,1-2H3/t12-/m0/s1. The van der Waals surface area contributed by atoms with E-state index in [-0.39, 0.29) is 24.3 Å². The van der Waals surface area contributed by atoms with E-state index in [0.29, 0.717) is 5.76 Å². The third kappa shape index (κ3) is 3.94. The normalized spacial score (nSPS) is 13.8. The van der Waals surface area contributed by atoms with Crippen molar-refractivity contribution in [2.24, 2.45) is 5.92 Å². The van der Waals surface area contributed by atoms with Crippen molar-refractivity contribution in [3.05, 3.63) is 42.6 Å². The van der Waals surface area contributed by atoms with Gasteiger partial charge in [-0.05, 0) is 24.1 Å². The number of aromatic nitrogens is 2. The van der Waals surface area contributed by atoms with Crippen LogP contribution in [0.1, 0.15) is 25.6 Å². The molecular weight excluding hydrogens is 278 g/mol. The average molecular weight is 297 g/mol. The molecule has 0 spiro atoms. The number of hydrogen-bond acceptors (Lipinski definition) is 4. The molecule has 0 unspecified atom stereocenters. The summed E-state index contributed by atoms with van der Waals surface area (Å²) in [6.07, 6.45) is 5.00. The maximum absolute atomic E-state index is 11.9. The zero-order chi connectivity index (χ0) is 14.6. The van der Waals surface area contributed by atoms with Crippen LogP contribution in [0, 0.1) is 5.92 Å². The number of nitrogens with one attached hydrogen (secondary N) is 1. The van der Waals surface area contributed by atoms with E-state index in [2.05, 4.69) is 9.82 Å². The molecule has 0 radical (unpaired) electrons. The second-order valence-electron chi connectivity index (χ2n) is 5.04. The fraction of sp³-hybridized carbons (Fsp3) is 0.462. The first kappa shape index (κ1) is 14.8.